The minimum atomic E-state index is -0.458. The summed E-state index contributed by atoms with van der Waals surface area (Å²) < 4.78 is 27.0. The molecule has 0 heterocycles. The van der Waals surface area contributed by atoms with Gasteiger partial charge in [-0.05, 0) is 38.3 Å². The molecule has 1 aromatic rings. The van der Waals surface area contributed by atoms with Crippen LogP contribution >= 0.6 is 0 Å². The number of hydrogen-bond donors (Lipinski definition) is 1. The average Bonchev–Trinajstić information content (AvgIpc) is 2.32. The van der Waals surface area contributed by atoms with Gasteiger partial charge in [0.05, 0.1) is 0 Å². The van der Waals surface area contributed by atoms with E-state index in [9.17, 15) is 8.78 Å². The van der Waals surface area contributed by atoms with Crippen molar-refractivity contribution in [1.82, 2.24) is 5.32 Å². The van der Waals surface area contributed by atoms with Crippen molar-refractivity contribution in [3.05, 3.63) is 35.4 Å². The second-order valence-corrected chi connectivity index (χ2v) is 5.15. The highest BCUT2D eigenvalue weighted by Crippen LogP contribution is 2.15. The average molecular weight is 255 g/mol. The molecule has 0 aliphatic rings. The zero-order chi connectivity index (χ0) is 13.7. The number of benzene rings is 1. The first kappa shape index (κ1) is 15.1. The van der Waals surface area contributed by atoms with Gasteiger partial charge in [-0.25, -0.2) is 8.78 Å². The highest BCUT2D eigenvalue weighted by Gasteiger charge is 2.16. The molecule has 1 nitrogen and oxygen atoms in total. The first-order valence-electron chi connectivity index (χ1n) is 6.64. The Morgan fingerprint density at radius 1 is 1.11 bits per heavy atom. The number of hydrogen-bond acceptors (Lipinski definition) is 1. The summed E-state index contributed by atoms with van der Waals surface area (Å²) in [6.07, 6.45) is 1.47. The predicted octanol–water partition coefficient (Wildman–Crippen LogP) is 3.92. The van der Waals surface area contributed by atoms with Gasteiger partial charge in [0.15, 0.2) is 0 Å². The summed E-state index contributed by atoms with van der Waals surface area (Å²) in [5.74, 6) is -0.363. The van der Waals surface area contributed by atoms with E-state index in [0.29, 0.717) is 18.4 Å². The molecule has 0 aromatic heterocycles. The summed E-state index contributed by atoms with van der Waals surface area (Å²) in [6.45, 7) is 8.39. The van der Waals surface area contributed by atoms with Crippen LogP contribution in [0.4, 0.5) is 8.78 Å². The standard InChI is InChI=1S/C15H23F2N/c1-5-10(2)12(4)18-11(3)9-13-14(16)7-6-8-15(13)17/h6-8,10-12,18H,5,9H2,1-4H3. The topological polar surface area (TPSA) is 12.0 Å². The second kappa shape index (κ2) is 6.83. The third-order valence-electron chi connectivity index (χ3n) is 3.62. The largest absolute Gasteiger partial charge is 0.311 e. The molecule has 0 spiro atoms. The van der Waals surface area contributed by atoms with E-state index in [2.05, 4.69) is 26.1 Å². The quantitative estimate of drug-likeness (QED) is 0.812. The van der Waals surface area contributed by atoms with Crippen LogP contribution < -0.4 is 5.32 Å². The van der Waals surface area contributed by atoms with E-state index in [1.165, 1.54) is 18.2 Å². The van der Waals surface area contributed by atoms with Gasteiger partial charge in [0.1, 0.15) is 11.6 Å². The van der Waals surface area contributed by atoms with E-state index < -0.39 is 11.6 Å². The van der Waals surface area contributed by atoms with E-state index in [-0.39, 0.29) is 11.6 Å². The maximum atomic E-state index is 13.5. The van der Waals surface area contributed by atoms with Crippen molar-refractivity contribution in [2.24, 2.45) is 5.92 Å². The maximum Gasteiger partial charge on any atom is 0.129 e. The molecule has 18 heavy (non-hydrogen) atoms. The molecule has 0 saturated heterocycles. The molecule has 1 N–H and O–H groups in total. The fraction of sp³-hybridized carbons (Fsp3) is 0.600. The molecule has 1 aromatic carbocycles. The van der Waals surface area contributed by atoms with E-state index >= 15 is 0 Å². The van der Waals surface area contributed by atoms with E-state index in [1.807, 2.05) is 6.92 Å². The third kappa shape index (κ3) is 4.05. The lowest BCUT2D eigenvalue weighted by Crippen LogP contribution is -2.39. The summed E-state index contributed by atoms with van der Waals surface area (Å²) in [6, 6.07) is 4.42. The smallest absolute Gasteiger partial charge is 0.129 e. The van der Waals surface area contributed by atoms with Crippen molar-refractivity contribution in [3.63, 3.8) is 0 Å². The minimum Gasteiger partial charge on any atom is -0.311 e. The predicted molar refractivity (Wildman–Crippen MR) is 71.6 cm³/mol. The molecule has 1 rings (SSSR count). The molecule has 0 amide bonds. The Labute approximate surface area is 109 Å². The number of nitrogens with one attached hydrogen (secondary N) is 1. The first-order chi connectivity index (χ1) is 8.45. The fourth-order valence-corrected chi connectivity index (χ4v) is 2.06. The van der Waals surface area contributed by atoms with Gasteiger partial charge in [0.2, 0.25) is 0 Å². The monoisotopic (exact) mass is 255 g/mol. The van der Waals surface area contributed by atoms with Crippen molar-refractivity contribution < 1.29 is 8.78 Å². The summed E-state index contributed by atoms with van der Waals surface area (Å²) in [5.41, 5.74) is 0.175. The highest BCUT2D eigenvalue weighted by molar-refractivity contribution is 5.20. The van der Waals surface area contributed by atoms with E-state index in [0.717, 1.165) is 6.42 Å². The summed E-state index contributed by atoms with van der Waals surface area (Å²) in [5, 5.41) is 3.40. The Morgan fingerprint density at radius 3 is 2.17 bits per heavy atom. The normalized spacial score (nSPS) is 16.3. The molecular formula is C15H23F2N. The highest BCUT2D eigenvalue weighted by atomic mass is 19.1. The van der Waals surface area contributed by atoms with Crippen molar-refractivity contribution in [1.29, 1.82) is 0 Å². The first-order valence-corrected chi connectivity index (χ1v) is 6.64. The van der Waals surface area contributed by atoms with Crippen molar-refractivity contribution in [3.8, 4) is 0 Å². The zero-order valence-corrected chi connectivity index (χ0v) is 11.6. The molecule has 0 saturated carbocycles. The van der Waals surface area contributed by atoms with Crippen LogP contribution in [0.3, 0.4) is 0 Å². The summed E-state index contributed by atoms with van der Waals surface area (Å²) in [7, 11) is 0. The molecule has 102 valence electrons. The Hall–Kier alpha value is -0.960. The van der Waals surface area contributed by atoms with Crippen LogP contribution in [0.1, 0.15) is 39.7 Å². The molecule has 0 bridgehead atoms. The third-order valence-corrected chi connectivity index (χ3v) is 3.62. The number of halogens is 2. The number of rotatable bonds is 6. The maximum absolute atomic E-state index is 13.5. The molecule has 3 atom stereocenters. The molecule has 0 fully saturated rings. The van der Waals surface area contributed by atoms with Crippen LogP contribution in [0.5, 0.6) is 0 Å². The molecule has 0 aliphatic carbocycles. The molecular weight excluding hydrogens is 232 g/mol. The lowest BCUT2D eigenvalue weighted by atomic mass is 9.98. The molecule has 0 aliphatic heterocycles. The summed E-state index contributed by atoms with van der Waals surface area (Å²) in [4.78, 5) is 0. The molecule has 0 radical (unpaired) electrons. The zero-order valence-electron chi connectivity index (χ0n) is 11.6. The van der Waals surface area contributed by atoms with Crippen LogP contribution in [0.2, 0.25) is 0 Å². The lowest BCUT2D eigenvalue weighted by molar-refractivity contribution is 0.352. The Bertz CT molecular complexity index is 359. The van der Waals surface area contributed by atoms with E-state index in [4.69, 9.17) is 0 Å². The molecule has 3 unspecified atom stereocenters. The van der Waals surface area contributed by atoms with Gasteiger partial charge in [-0.15, -0.1) is 0 Å². The molecule has 3 heteroatoms. The van der Waals surface area contributed by atoms with Gasteiger partial charge >= 0.3 is 0 Å². The van der Waals surface area contributed by atoms with Gasteiger partial charge in [-0.3, -0.25) is 0 Å². The van der Waals surface area contributed by atoms with Gasteiger partial charge in [-0.2, -0.15) is 0 Å². The lowest BCUT2D eigenvalue weighted by Gasteiger charge is -2.24. The van der Waals surface area contributed by atoms with Gasteiger partial charge < -0.3 is 5.32 Å². The van der Waals surface area contributed by atoms with Crippen molar-refractivity contribution >= 4 is 0 Å². The van der Waals surface area contributed by atoms with Crippen LogP contribution in [0.15, 0.2) is 18.2 Å². The second-order valence-electron chi connectivity index (χ2n) is 5.15. The van der Waals surface area contributed by atoms with Gasteiger partial charge in [0, 0.05) is 17.6 Å². The van der Waals surface area contributed by atoms with E-state index in [1.54, 1.807) is 0 Å². The van der Waals surface area contributed by atoms with Crippen LogP contribution in [-0.2, 0) is 6.42 Å². The van der Waals surface area contributed by atoms with Crippen LogP contribution in [-0.4, -0.2) is 12.1 Å². The summed E-state index contributed by atoms with van der Waals surface area (Å²) >= 11 is 0. The van der Waals surface area contributed by atoms with Crippen molar-refractivity contribution in [2.75, 3.05) is 0 Å². The fourth-order valence-electron chi connectivity index (χ4n) is 2.06. The Morgan fingerprint density at radius 2 is 1.67 bits per heavy atom. The van der Waals surface area contributed by atoms with Crippen LogP contribution in [0.25, 0.3) is 0 Å². The Kier molecular flexibility index (Phi) is 5.73. The van der Waals surface area contributed by atoms with Gasteiger partial charge in [0.25, 0.3) is 0 Å². The minimum absolute atomic E-state index is 0.0559. The van der Waals surface area contributed by atoms with Gasteiger partial charge in [-0.1, -0.05) is 26.3 Å². The SMILES string of the molecule is CCC(C)C(C)NC(C)Cc1c(F)cccc1F. The Balaban J connectivity index is 2.62. The van der Waals surface area contributed by atoms with Crippen molar-refractivity contribution in [2.45, 2.75) is 52.6 Å². The van der Waals surface area contributed by atoms with Crippen LogP contribution in [0, 0.1) is 17.6 Å².